The number of ether oxygens (including phenoxy) is 2. The van der Waals surface area contributed by atoms with Gasteiger partial charge in [0.15, 0.2) is 11.6 Å². The van der Waals surface area contributed by atoms with Crippen LogP contribution in [0, 0.1) is 5.82 Å². The lowest BCUT2D eigenvalue weighted by molar-refractivity contribution is -0.0522. The van der Waals surface area contributed by atoms with Crippen LogP contribution in [0.5, 0.6) is 11.5 Å². The van der Waals surface area contributed by atoms with E-state index in [1.807, 2.05) is 0 Å². The molecular weight excluding hydrogens is 185 g/mol. The van der Waals surface area contributed by atoms with Crippen molar-refractivity contribution in [2.75, 3.05) is 7.11 Å². The summed E-state index contributed by atoms with van der Waals surface area (Å²) in [4.78, 5) is 0. The molecule has 5 heteroatoms. The topological polar surface area (TPSA) is 18.5 Å². The van der Waals surface area contributed by atoms with Crippen molar-refractivity contribution in [2.24, 2.45) is 0 Å². The van der Waals surface area contributed by atoms with E-state index >= 15 is 0 Å². The van der Waals surface area contributed by atoms with Crippen molar-refractivity contribution in [3.63, 3.8) is 0 Å². The smallest absolute Gasteiger partial charge is 0.387 e. The Labute approximate surface area is 72.9 Å². The first kappa shape index (κ1) is 9.70. The normalized spacial score (nSPS) is 10.2. The third-order valence-corrected chi connectivity index (χ3v) is 1.36. The minimum absolute atomic E-state index is 0.249. The molecule has 1 aromatic carbocycles. The van der Waals surface area contributed by atoms with Crippen LogP contribution in [0.15, 0.2) is 18.2 Å². The Morgan fingerprint density at radius 3 is 2.46 bits per heavy atom. The Bertz CT molecular complexity index is 289. The summed E-state index contributed by atoms with van der Waals surface area (Å²) in [5.41, 5.74) is 0. The number of halogens is 3. The van der Waals surface area contributed by atoms with Gasteiger partial charge in [0.25, 0.3) is 0 Å². The maximum absolute atomic E-state index is 12.9. The molecule has 0 heterocycles. The third-order valence-electron chi connectivity index (χ3n) is 1.36. The van der Waals surface area contributed by atoms with Gasteiger partial charge in [-0.05, 0) is 12.1 Å². The summed E-state index contributed by atoms with van der Waals surface area (Å²) in [6, 6.07) is 3.39. The van der Waals surface area contributed by atoms with Gasteiger partial charge >= 0.3 is 6.61 Å². The fraction of sp³-hybridized carbons (Fsp3) is 0.250. The van der Waals surface area contributed by atoms with Crippen LogP contribution in [0.1, 0.15) is 0 Å². The van der Waals surface area contributed by atoms with Gasteiger partial charge in [-0.2, -0.15) is 8.78 Å². The predicted octanol–water partition coefficient (Wildman–Crippen LogP) is 2.44. The van der Waals surface area contributed by atoms with Gasteiger partial charge < -0.3 is 9.47 Å². The molecule has 2 nitrogen and oxygen atoms in total. The molecule has 0 atom stereocenters. The SMILES string of the molecule is COc1ccc(OC(F)F)c(F)c1. The van der Waals surface area contributed by atoms with Crippen molar-refractivity contribution >= 4 is 0 Å². The molecule has 0 amide bonds. The number of alkyl halides is 2. The minimum Gasteiger partial charge on any atom is -0.497 e. The van der Waals surface area contributed by atoms with Crippen molar-refractivity contribution in [1.29, 1.82) is 0 Å². The summed E-state index contributed by atoms with van der Waals surface area (Å²) in [7, 11) is 1.35. The van der Waals surface area contributed by atoms with Gasteiger partial charge in [0.1, 0.15) is 5.75 Å². The van der Waals surface area contributed by atoms with E-state index in [1.165, 1.54) is 13.2 Å². The van der Waals surface area contributed by atoms with Crippen LogP contribution >= 0.6 is 0 Å². The summed E-state index contributed by atoms with van der Waals surface area (Å²) in [6.07, 6.45) is 0. The molecule has 0 unspecified atom stereocenters. The molecule has 0 aliphatic rings. The molecule has 1 rings (SSSR count). The first-order chi connectivity index (χ1) is 6.13. The van der Waals surface area contributed by atoms with Gasteiger partial charge in [0, 0.05) is 6.07 Å². The molecule has 0 spiro atoms. The van der Waals surface area contributed by atoms with Gasteiger partial charge in [-0.15, -0.1) is 0 Å². The highest BCUT2D eigenvalue weighted by atomic mass is 19.3. The molecule has 0 N–H and O–H groups in total. The van der Waals surface area contributed by atoms with Crippen LogP contribution in [0.25, 0.3) is 0 Å². The number of rotatable bonds is 3. The molecule has 0 fully saturated rings. The van der Waals surface area contributed by atoms with E-state index in [-0.39, 0.29) is 5.75 Å². The summed E-state index contributed by atoms with van der Waals surface area (Å²) in [5, 5.41) is 0. The molecule has 1 aromatic rings. The zero-order valence-electron chi connectivity index (χ0n) is 6.76. The number of hydrogen-bond donors (Lipinski definition) is 0. The number of hydrogen-bond acceptors (Lipinski definition) is 2. The van der Waals surface area contributed by atoms with Crippen molar-refractivity contribution in [1.82, 2.24) is 0 Å². The maximum Gasteiger partial charge on any atom is 0.387 e. The second-order valence-electron chi connectivity index (χ2n) is 2.17. The zero-order chi connectivity index (χ0) is 9.84. The average molecular weight is 192 g/mol. The summed E-state index contributed by atoms with van der Waals surface area (Å²) >= 11 is 0. The van der Waals surface area contributed by atoms with Gasteiger partial charge in [0.2, 0.25) is 0 Å². The molecular formula is C8H7F3O2. The van der Waals surface area contributed by atoms with E-state index in [0.29, 0.717) is 0 Å². The molecule has 0 bridgehead atoms. The lowest BCUT2D eigenvalue weighted by atomic mass is 10.3. The number of benzene rings is 1. The van der Waals surface area contributed by atoms with Gasteiger partial charge in [-0.25, -0.2) is 4.39 Å². The predicted molar refractivity (Wildman–Crippen MR) is 39.6 cm³/mol. The molecule has 0 aliphatic carbocycles. The molecule has 0 saturated carbocycles. The van der Waals surface area contributed by atoms with Gasteiger partial charge in [0.05, 0.1) is 7.11 Å². The quantitative estimate of drug-likeness (QED) is 0.732. The minimum atomic E-state index is -3.03. The monoisotopic (exact) mass is 192 g/mol. The van der Waals surface area contributed by atoms with Crippen molar-refractivity contribution in [3.8, 4) is 11.5 Å². The highest BCUT2D eigenvalue weighted by Gasteiger charge is 2.09. The Kier molecular flexibility index (Phi) is 3.00. The van der Waals surface area contributed by atoms with E-state index in [2.05, 4.69) is 9.47 Å². The first-order valence-corrected chi connectivity index (χ1v) is 3.42. The maximum atomic E-state index is 12.9. The highest BCUT2D eigenvalue weighted by molar-refractivity contribution is 5.32. The van der Waals surface area contributed by atoms with Crippen LogP contribution in [0.4, 0.5) is 13.2 Å². The zero-order valence-corrected chi connectivity index (χ0v) is 6.76. The van der Waals surface area contributed by atoms with E-state index in [4.69, 9.17) is 0 Å². The Balaban J connectivity index is 2.85. The second kappa shape index (κ2) is 4.02. The van der Waals surface area contributed by atoms with Crippen molar-refractivity contribution in [2.45, 2.75) is 6.61 Å². The largest absolute Gasteiger partial charge is 0.497 e. The summed E-state index contributed by atoms with van der Waals surface area (Å²) in [5.74, 6) is -1.12. The average Bonchev–Trinajstić information content (AvgIpc) is 2.08. The third kappa shape index (κ3) is 2.54. The fourth-order valence-corrected chi connectivity index (χ4v) is 0.800. The van der Waals surface area contributed by atoms with E-state index < -0.39 is 18.2 Å². The Hall–Kier alpha value is -1.39. The second-order valence-corrected chi connectivity index (χ2v) is 2.17. The van der Waals surface area contributed by atoms with Crippen molar-refractivity contribution in [3.05, 3.63) is 24.0 Å². The molecule has 0 aliphatic heterocycles. The fourth-order valence-electron chi connectivity index (χ4n) is 0.800. The summed E-state index contributed by atoms with van der Waals surface area (Å²) < 4.78 is 44.7. The Morgan fingerprint density at radius 1 is 1.31 bits per heavy atom. The van der Waals surface area contributed by atoms with Crippen LogP contribution in [-0.2, 0) is 0 Å². The molecule has 0 saturated heterocycles. The Morgan fingerprint density at radius 2 is 2.00 bits per heavy atom. The van der Waals surface area contributed by atoms with E-state index in [1.54, 1.807) is 0 Å². The van der Waals surface area contributed by atoms with E-state index in [0.717, 1.165) is 12.1 Å². The van der Waals surface area contributed by atoms with Crippen LogP contribution in [0.2, 0.25) is 0 Å². The molecule has 72 valence electrons. The van der Waals surface area contributed by atoms with Crippen molar-refractivity contribution < 1.29 is 22.6 Å². The highest BCUT2D eigenvalue weighted by Crippen LogP contribution is 2.23. The molecule has 0 aromatic heterocycles. The van der Waals surface area contributed by atoms with E-state index in [9.17, 15) is 13.2 Å². The van der Waals surface area contributed by atoms with Gasteiger partial charge in [-0.3, -0.25) is 0 Å². The first-order valence-electron chi connectivity index (χ1n) is 3.42. The van der Waals surface area contributed by atoms with Crippen LogP contribution in [0.3, 0.4) is 0 Å². The molecule has 0 radical (unpaired) electrons. The number of methoxy groups -OCH3 is 1. The van der Waals surface area contributed by atoms with Gasteiger partial charge in [-0.1, -0.05) is 0 Å². The molecule has 13 heavy (non-hydrogen) atoms. The standard InChI is InChI=1S/C8H7F3O2/c1-12-5-2-3-7(6(9)4-5)13-8(10)11/h2-4,8H,1H3. The summed E-state index contributed by atoms with van der Waals surface area (Å²) in [6.45, 7) is -3.03. The lowest BCUT2D eigenvalue weighted by Crippen LogP contribution is -2.03. The van der Waals surface area contributed by atoms with Crippen LogP contribution < -0.4 is 9.47 Å². The lowest BCUT2D eigenvalue weighted by Gasteiger charge is -2.06. The van der Waals surface area contributed by atoms with Crippen LogP contribution in [-0.4, -0.2) is 13.7 Å².